The van der Waals surface area contributed by atoms with Gasteiger partial charge in [0.05, 0.1) is 63.4 Å². The number of carbonyl (C=O) groups excluding carboxylic acids is 3. The number of hydrogen-bond donors (Lipinski definition) is 1. The molecule has 3 amide bonds. The summed E-state index contributed by atoms with van der Waals surface area (Å²) in [7, 11) is 14.8. The molecule has 7 heteroatoms. The van der Waals surface area contributed by atoms with Crippen molar-refractivity contribution in [2.24, 2.45) is 0 Å². The molecule has 0 rings (SSSR count). The van der Waals surface area contributed by atoms with Gasteiger partial charge in [0.1, 0.15) is 12.8 Å². The van der Waals surface area contributed by atoms with E-state index >= 15 is 0 Å². The topological polar surface area (TPSA) is 71.4 Å². The van der Waals surface area contributed by atoms with Crippen LogP contribution in [0.2, 0.25) is 0 Å². The van der Waals surface area contributed by atoms with E-state index in [1.165, 1.54) is 0 Å². The highest BCUT2D eigenvalue weighted by Gasteiger charge is 2.52. The van der Waals surface area contributed by atoms with Crippen LogP contribution in [-0.2, 0) is 14.4 Å². The first-order valence-electron chi connectivity index (χ1n) is 7.20. The average Bonchev–Trinajstić information content (AvgIpc) is 2.23. The molecular weight excluding hydrogens is 286 g/mol. The molecule has 0 aromatic heterocycles. The number of carbonyl (C=O) groups is 3. The van der Waals surface area contributed by atoms with Crippen LogP contribution >= 0.6 is 0 Å². The van der Waals surface area contributed by atoms with Crippen molar-refractivity contribution < 1.29 is 32.9 Å². The van der Waals surface area contributed by atoms with Gasteiger partial charge < -0.3 is 5.11 Å². The van der Waals surface area contributed by atoms with Crippen LogP contribution in [0.25, 0.3) is 0 Å². The predicted molar refractivity (Wildman–Crippen MR) is 83.3 cm³/mol. The van der Waals surface area contributed by atoms with Gasteiger partial charge in [-0.05, 0) is 0 Å². The number of amides is 3. The van der Waals surface area contributed by atoms with Crippen LogP contribution < -0.4 is 0 Å². The smallest absolute Gasteiger partial charge is 0.346 e. The lowest BCUT2D eigenvalue weighted by atomic mass is 9.91. The lowest BCUT2D eigenvalue weighted by Gasteiger charge is -2.34. The molecule has 0 fully saturated rings. The molecule has 0 heterocycles. The molecule has 0 aliphatic carbocycles. The zero-order valence-electron chi connectivity index (χ0n) is 15.4. The number of nitrogens with zero attached hydrogens (tertiary/aromatic N) is 3. The molecule has 0 radical (unpaired) electrons. The third kappa shape index (κ3) is 5.57. The van der Waals surface area contributed by atoms with Crippen molar-refractivity contribution in [1.82, 2.24) is 0 Å². The van der Waals surface area contributed by atoms with Crippen molar-refractivity contribution in [2.45, 2.75) is 18.4 Å². The van der Waals surface area contributed by atoms with Gasteiger partial charge >= 0.3 is 17.7 Å². The zero-order valence-corrected chi connectivity index (χ0v) is 15.4. The summed E-state index contributed by atoms with van der Waals surface area (Å²) in [5.74, 6) is -1.16. The Kier molecular flexibility index (Phi) is 5.83. The molecule has 7 nitrogen and oxygen atoms in total. The number of quaternary nitrogens is 3. The van der Waals surface area contributed by atoms with Gasteiger partial charge in [-0.1, -0.05) is 0 Å². The first kappa shape index (κ1) is 20.9. The van der Waals surface area contributed by atoms with Gasteiger partial charge in [-0.25, -0.2) is 14.4 Å². The Labute approximate surface area is 133 Å². The molecule has 0 aliphatic heterocycles. The Balaban J connectivity index is 5.65. The molecule has 0 spiro atoms. The van der Waals surface area contributed by atoms with Gasteiger partial charge in [0.2, 0.25) is 5.60 Å². The minimum absolute atomic E-state index is 0.0225. The molecular formula is C15H32N3O4+3. The third-order valence-corrected chi connectivity index (χ3v) is 3.39. The Morgan fingerprint density at radius 3 is 1.14 bits per heavy atom. The summed E-state index contributed by atoms with van der Waals surface area (Å²) in [4.78, 5) is 37.2. The van der Waals surface area contributed by atoms with E-state index in [1.807, 2.05) is 0 Å². The van der Waals surface area contributed by atoms with Crippen molar-refractivity contribution in [3.05, 3.63) is 0 Å². The van der Waals surface area contributed by atoms with Crippen molar-refractivity contribution >= 4 is 17.7 Å². The Morgan fingerprint density at radius 1 is 0.682 bits per heavy atom. The molecule has 0 saturated heterocycles. The molecule has 0 bridgehead atoms. The SMILES string of the molecule is C[N+](C)(C)C(=O)CC(O)(CC(=O)[N+](C)(C)C)C(=O)[N+](C)(C)C. The normalized spacial score (nSPS) is 13.9. The van der Waals surface area contributed by atoms with Crippen molar-refractivity contribution in [1.29, 1.82) is 0 Å². The third-order valence-electron chi connectivity index (χ3n) is 3.39. The summed E-state index contributed by atoms with van der Waals surface area (Å²) in [6.07, 6.45) is -0.757. The lowest BCUT2D eigenvalue weighted by molar-refractivity contribution is -0.801. The molecule has 22 heavy (non-hydrogen) atoms. The quantitative estimate of drug-likeness (QED) is 0.674. The fourth-order valence-corrected chi connectivity index (χ4v) is 1.81. The van der Waals surface area contributed by atoms with Crippen LogP contribution in [0.3, 0.4) is 0 Å². The summed E-state index contributed by atoms with van der Waals surface area (Å²) in [6, 6.07) is 0. The maximum atomic E-state index is 12.6. The average molecular weight is 318 g/mol. The second-order valence-electron chi connectivity index (χ2n) is 8.52. The van der Waals surface area contributed by atoms with Crippen LogP contribution in [0.15, 0.2) is 0 Å². The standard InChI is InChI=1S/C15H32N3O4/c1-16(2,3)12(19)10-15(22,14(21)18(7,8)9)11-13(20)17(4,5)6/h22H,10-11H2,1-9H3/q+3. The van der Waals surface area contributed by atoms with E-state index in [1.54, 1.807) is 63.4 Å². The Morgan fingerprint density at radius 2 is 0.955 bits per heavy atom. The number of rotatable bonds is 5. The van der Waals surface area contributed by atoms with Crippen LogP contribution in [0, 0.1) is 0 Å². The molecule has 128 valence electrons. The van der Waals surface area contributed by atoms with E-state index in [-0.39, 0.29) is 38.1 Å². The van der Waals surface area contributed by atoms with Crippen molar-refractivity contribution in [2.75, 3.05) is 63.4 Å². The summed E-state index contributed by atoms with van der Waals surface area (Å²) >= 11 is 0. The van der Waals surface area contributed by atoms with Crippen LogP contribution in [-0.4, -0.2) is 105 Å². The van der Waals surface area contributed by atoms with E-state index in [0.29, 0.717) is 0 Å². The monoisotopic (exact) mass is 318 g/mol. The van der Waals surface area contributed by atoms with Crippen molar-refractivity contribution in [3.8, 4) is 0 Å². The first-order chi connectivity index (χ1) is 9.41. The van der Waals surface area contributed by atoms with Crippen LogP contribution in [0.1, 0.15) is 12.8 Å². The highest BCUT2D eigenvalue weighted by Crippen LogP contribution is 2.24. The number of likely N-dealkylation sites (N-methyl/N-ethyl adjacent to an activating group) is 1. The van der Waals surface area contributed by atoms with E-state index in [9.17, 15) is 19.5 Å². The first-order valence-corrected chi connectivity index (χ1v) is 7.20. The van der Waals surface area contributed by atoms with E-state index in [4.69, 9.17) is 0 Å². The van der Waals surface area contributed by atoms with Gasteiger partial charge in [-0.2, -0.15) is 0 Å². The number of aliphatic hydroxyl groups is 1. The summed E-state index contributed by atoms with van der Waals surface area (Å²) in [6.45, 7) is 0. The summed E-state index contributed by atoms with van der Waals surface area (Å²) < 4.78 is -0.206. The van der Waals surface area contributed by atoms with Crippen molar-refractivity contribution in [3.63, 3.8) is 0 Å². The van der Waals surface area contributed by atoms with Gasteiger partial charge in [0.15, 0.2) is 0 Å². The maximum absolute atomic E-state index is 12.6. The highest BCUT2D eigenvalue weighted by atomic mass is 16.3. The van der Waals surface area contributed by atoms with Crippen LogP contribution in [0.5, 0.6) is 0 Å². The Bertz CT molecular complexity index is 437. The second-order valence-corrected chi connectivity index (χ2v) is 8.52. The van der Waals surface area contributed by atoms with Gasteiger partial charge in [-0.15, -0.1) is 0 Å². The fourth-order valence-electron chi connectivity index (χ4n) is 1.81. The molecule has 0 aliphatic rings. The predicted octanol–water partition coefficient (Wildman–Crippen LogP) is -0.804. The maximum Gasteiger partial charge on any atom is 0.346 e. The molecule has 0 aromatic carbocycles. The van der Waals surface area contributed by atoms with Crippen LogP contribution in [0.4, 0.5) is 0 Å². The van der Waals surface area contributed by atoms with Gasteiger partial charge in [0.25, 0.3) is 0 Å². The summed E-state index contributed by atoms with van der Waals surface area (Å²) in [5.41, 5.74) is -2.00. The minimum Gasteiger partial charge on any atom is -0.375 e. The largest absolute Gasteiger partial charge is 0.375 e. The van der Waals surface area contributed by atoms with E-state index < -0.39 is 11.5 Å². The molecule has 0 saturated carbocycles. The lowest BCUT2D eigenvalue weighted by Crippen LogP contribution is -2.60. The van der Waals surface area contributed by atoms with Gasteiger partial charge in [0, 0.05) is 0 Å². The van der Waals surface area contributed by atoms with E-state index in [2.05, 4.69) is 0 Å². The second kappa shape index (κ2) is 6.16. The fraction of sp³-hybridized carbons (Fsp3) is 0.800. The summed E-state index contributed by atoms with van der Waals surface area (Å²) in [5, 5.41) is 10.9. The zero-order chi connectivity index (χ0) is 18.1. The van der Waals surface area contributed by atoms with E-state index in [0.717, 1.165) is 0 Å². The highest BCUT2D eigenvalue weighted by molar-refractivity contribution is 5.89. The molecule has 1 N–H and O–H groups in total. The number of hydrogen-bond acceptors (Lipinski definition) is 4. The van der Waals surface area contributed by atoms with Gasteiger partial charge in [-0.3, -0.25) is 13.4 Å². The molecule has 0 aromatic rings. The Hall–Kier alpha value is -1.15. The molecule has 0 atom stereocenters. The molecule has 0 unspecified atom stereocenters. The minimum atomic E-state index is -2.00.